The van der Waals surface area contributed by atoms with Gasteiger partial charge in [0, 0.05) is 31.6 Å². The lowest BCUT2D eigenvalue weighted by molar-refractivity contribution is 0.110. The van der Waals surface area contributed by atoms with Gasteiger partial charge in [-0.3, -0.25) is 0 Å². The highest BCUT2D eigenvalue weighted by molar-refractivity contribution is 9.10. The first-order chi connectivity index (χ1) is 8.63. The van der Waals surface area contributed by atoms with Gasteiger partial charge in [0.15, 0.2) is 0 Å². The SMILES string of the molecule is N#CC1=C[C@H](Br)[C@]23CCCC[C@]12[C@@H](Br)C=C3C#N. The Morgan fingerprint density at radius 1 is 0.944 bits per heavy atom. The number of alkyl halides is 2. The fourth-order valence-corrected chi connectivity index (χ4v) is 6.51. The molecule has 3 aliphatic rings. The van der Waals surface area contributed by atoms with Gasteiger partial charge >= 0.3 is 0 Å². The van der Waals surface area contributed by atoms with Crippen molar-refractivity contribution >= 4 is 31.9 Å². The summed E-state index contributed by atoms with van der Waals surface area (Å²) in [5, 5.41) is 18.9. The Hall–Kier alpha value is -0.580. The Morgan fingerprint density at radius 2 is 1.33 bits per heavy atom. The number of nitrogens with zero attached hydrogens (tertiary/aromatic N) is 2. The Bertz CT molecular complexity index is 501. The van der Waals surface area contributed by atoms with Crippen LogP contribution in [0.15, 0.2) is 23.3 Å². The van der Waals surface area contributed by atoms with E-state index in [1.807, 2.05) is 12.2 Å². The van der Waals surface area contributed by atoms with Gasteiger partial charge in [-0.15, -0.1) is 0 Å². The zero-order valence-electron chi connectivity index (χ0n) is 9.79. The molecule has 0 N–H and O–H groups in total. The lowest BCUT2D eigenvalue weighted by Gasteiger charge is -2.49. The van der Waals surface area contributed by atoms with Crippen molar-refractivity contribution in [2.75, 3.05) is 0 Å². The van der Waals surface area contributed by atoms with Crippen LogP contribution in [-0.4, -0.2) is 9.65 Å². The van der Waals surface area contributed by atoms with E-state index < -0.39 is 0 Å². The number of hydrogen-bond donors (Lipinski definition) is 0. The highest BCUT2D eigenvalue weighted by Gasteiger charge is 2.68. The second-order valence-corrected chi connectivity index (χ2v) is 7.31. The summed E-state index contributed by atoms with van der Waals surface area (Å²) >= 11 is 7.44. The molecular weight excluding hydrogens is 356 g/mol. The van der Waals surface area contributed by atoms with Crippen LogP contribution >= 0.6 is 31.9 Å². The third-order valence-corrected chi connectivity index (χ3v) is 7.05. The normalized spacial score (nSPS) is 45.3. The summed E-state index contributed by atoms with van der Waals surface area (Å²) in [4.78, 5) is 0.210. The van der Waals surface area contributed by atoms with E-state index in [1.54, 1.807) is 0 Å². The van der Waals surface area contributed by atoms with E-state index in [0.717, 1.165) is 36.8 Å². The summed E-state index contributed by atoms with van der Waals surface area (Å²) in [7, 11) is 0. The largest absolute Gasteiger partial charge is 0.193 e. The van der Waals surface area contributed by atoms with Gasteiger partial charge < -0.3 is 0 Å². The van der Waals surface area contributed by atoms with E-state index in [9.17, 15) is 10.5 Å². The quantitative estimate of drug-likeness (QED) is 0.608. The monoisotopic (exact) mass is 366 g/mol. The molecule has 92 valence electrons. The van der Waals surface area contributed by atoms with Crippen LogP contribution < -0.4 is 0 Å². The van der Waals surface area contributed by atoms with Gasteiger partial charge in [0.05, 0.1) is 12.1 Å². The molecule has 3 rings (SSSR count). The molecule has 0 aromatic rings. The van der Waals surface area contributed by atoms with Crippen LogP contribution in [0, 0.1) is 33.5 Å². The number of hydrogen-bond acceptors (Lipinski definition) is 2. The van der Waals surface area contributed by atoms with Crippen LogP contribution in [0.4, 0.5) is 0 Å². The molecule has 0 spiro atoms. The first kappa shape index (κ1) is 12.5. The molecule has 18 heavy (non-hydrogen) atoms. The molecule has 0 unspecified atom stereocenters. The molecule has 1 saturated carbocycles. The minimum atomic E-state index is -0.195. The zero-order valence-corrected chi connectivity index (χ0v) is 13.0. The molecular formula is C14H12Br2N2. The van der Waals surface area contributed by atoms with Crippen LogP contribution in [-0.2, 0) is 0 Å². The molecule has 0 amide bonds. The average Bonchev–Trinajstić information content (AvgIpc) is 2.81. The van der Waals surface area contributed by atoms with E-state index in [2.05, 4.69) is 44.0 Å². The van der Waals surface area contributed by atoms with Gasteiger partial charge in [0.2, 0.25) is 0 Å². The number of nitriles is 2. The predicted molar refractivity (Wildman–Crippen MR) is 76.2 cm³/mol. The van der Waals surface area contributed by atoms with Crippen molar-refractivity contribution in [2.45, 2.75) is 35.3 Å². The van der Waals surface area contributed by atoms with Crippen molar-refractivity contribution in [3.8, 4) is 12.1 Å². The molecule has 2 nitrogen and oxygen atoms in total. The van der Waals surface area contributed by atoms with Crippen molar-refractivity contribution in [3.05, 3.63) is 23.3 Å². The van der Waals surface area contributed by atoms with E-state index in [1.165, 1.54) is 0 Å². The van der Waals surface area contributed by atoms with Gasteiger partial charge in [0.1, 0.15) is 0 Å². The summed E-state index contributed by atoms with van der Waals surface area (Å²) in [6, 6.07) is 4.77. The standard InChI is InChI=1S/C14H12Br2N2/c15-11-6-10(8-18)14-4-2-1-3-13(11,14)9(7-17)5-12(14)16/h5-6,11-12H,1-4H2/t11-,12-,13+,14+/m0/s1. The zero-order chi connectivity index (χ0) is 13.0. The average molecular weight is 368 g/mol. The number of allylic oxidation sites excluding steroid dienone is 4. The molecule has 0 aromatic heterocycles. The summed E-state index contributed by atoms with van der Waals surface area (Å²) in [6.07, 6.45) is 8.32. The fourth-order valence-electron chi connectivity index (χ4n) is 4.22. The van der Waals surface area contributed by atoms with Crippen molar-refractivity contribution < 1.29 is 0 Å². The van der Waals surface area contributed by atoms with Crippen LogP contribution in [0.5, 0.6) is 0 Å². The Kier molecular flexibility index (Phi) is 2.74. The third-order valence-electron chi connectivity index (χ3n) is 4.96. The highest BCUT2D eigenvalue weighted by atomic mass is 79.9. The smallest absolute Gasteiger partial charge is 0.0951 e. The summed E-state index contributed by atoms with van der Waals surface area (Å²) in [5.41, 5.74) is 1.32. The number of halogens is 2. The van der Waals surface area contributed by atoms with Crippen LogP contribution in [0.2, 0.25) is 0 Å². The Morgan fingerprint density at radius 3 is 1.67 bits per heavy atom. The van der Waals surface area contributed by atoms with Gasteiger partial charge in [-0.2, -0.15) is 10.5 Å². The molecule has 0 bridgehead atoms. The molecule has 0 saturated heterocycles. The summed E-state index contributed by atoms with van der Waals surface area (Å²) in [5.74, 6) is 0. The van der Waals surface area contributed by atoms with E-state index in [0.29, 0.717) is 0 Å². The summed E-state index contributed by atoms with van der Waals surface area (Å²) < 4.78 is 0. The van der Waals surface area contributed by atoms with E-state index >= 15 is 0 Å². The van der Waals surface area contributed by atoms with Crippen LogP contribution in [0.25, 0.3) is 0 Å². The van der Waals surface area contributed by atoms with Crippen molar-refractivity contribution in [2.24, 2.45) is 10.8 Å². The maximum atomic E-state index is 9.47. The maximum Gasteiger partial charge on any atom is 0.0951 e. The second-order valence-electron chi connectivity index (χ2n) is 5.34. The first-order valence-corrected chi connectivity index (χ1v) is 7.99. The first-order valence-electron chi connectivity index (χ1n) is 6.16. The molecule has 0 heterocycles. The highest BCUT2D eigenvalue weighted by Crippen LogP contribution is 2.71. The van der Waals surface area contributed by atoms with Crippen LogP contribution in [0.3, 0.4) is 0 Å². The lowest BCUT2D eigenvalue weighted by atomic mass is 9.55. The lowest BCUT2D eigenvalue weighted by Crippen LogP contribution is -2.48. The molecule has 4 heteroatoms. The van der Waals surface area contributed by atoms with Gasteiger partial charge in [-0.05, 0) is 12.8 Å². The van der Waals surface area contributed by atoms with Gasteiger partial charge in [-0.1, -0.05) is 56.9 Å². The van der Waals surface area contributed by atoms with Crippen molar-refractivity contribution in [1.29, 1.82) is 10.5 Å². The van der Waals surface area contributed by atoms with E-state index in [4.69, 9.17) is 0 Å². The third kappa shape index (κ3) is 1.12. The summed E-state index contributed by atoms with van der Waals surface area (Å²) in [6.45, 7) is 0. The molecule has 0 aromatic carbocycles. The minimum Gasteiger partial charge on any atom is -0.193 e. The van der Waals surface area contributed by atoms with Gasteiger partial charge in [0.25, 0.3) is 0 Å². The molecule has 3 aliphatic carbocycles. The fraction of sp³-hybridized carbons (Fsp3) is 0.571. The molecule has 0 aliphatic heterocycles. The molecule has 0 radical (unpaired) electrons. The molecule has 4 atom stereocenters. The topological polar surface area (TPSA) is 47.6 Å². The van der Waals surface area contributed by atoms with Crippen molar-refractivity contribution in [1.82, 2.24) is 0 Å². The second kappa shape index (κ2) is 3.95. The molecule has 1 fully saturated rings. The van der Waals surface area contributed by atoms with E-state index in [-0.39, 0.29) is 20.5 Å². The van der Waals surface area contributed by atoms with Gasteiger partial charge in [-0.25, -0.2) is 0 Å². The minimum absolute atomic E-state index is 0.105. The number of rotatable bonds is 0. The van der Waals surface area contributed by atoms with Crippen LogP contribution in [0.1, 0.15) is 25.7 Å². The predicted octanol–water partition coefficient (Wildman–Crippen LogP) is 3.99. The Labute approximate surface area is 124 Å². The van der Waals surface area contributed by atoms with Crippen molar-refractivity contribution in [3.63, 3.8) is 0 Å². The maximum absolute atomic E-state index is 9.47. The Balaban J connectivity index is 2.26.